The largest absolute Gasteiger partial charge is 0.370 e. The normalized spacial score (nSPS) is 14.6. The van der Waals surface area contributed by atoms with Crippen LogP contribution >= 0.6 is 23.1 Å². The molecule has 0 fully saturated rings. The van der Waals surface area contributed by atoms with E-state index in [0.29, 0.717) is 28.4 Å². The van der Waals surface area contributed by atoms with Gasteiger partial charge in [-0.05, 0) is 57.0 Å². The Morgan fingerprint density at radius 1 is 1.17 bits per heavy atom. The lowest BCUT2D eigenvalue weighted by molar-refractivity contribution is -0.113. The van der Waals surface area contributed by atoms with Crippen LogP contribution < -0.4 is 10.9 Å². The van der Waals surface area contributed by atoms with Crippen LogP contribution in [0.4, 0.5) is 5.69 Å². The Bertz CT molecular complexity index is 1490. The van der Waals surface area contributed by atoms with Crippen molar-refractivity contribution in [3.8, 4) is 5.69 Å². The van der Waals surface area contributed by atoms with Gasteiger partial charge in [0.05, 0.1) is 29.0 Å². The summed E-state index contributed by atoms with van der Waals surface area (Å²) in [5.41, 5.74) is 4.23. The molecule has 0 spiro atoms. The number of fused-ring (bicyclic) bond motifs is 3. The van der Waals surface area contributed by atoms with Crippen molar-refractivity contribution >= 4 is 44.9 Å². The second-order valence-electron chi connectivity index (χ2n) is 9.43. The number of nitrogens with zero attached hydrogens (tertiary/aromatic N) is 2. The van der Waals surface area contributed by atoms with E-state index in [0.717, 1.165) is 32.9 Å². The van der Waals surface area contributed by atoms with Crippen molar-refractivity contribution in [1.29, 1.82) is 0 Å². The van der Waals surface area contributed by atoms with Gasteiger partial charge in [0.2, 0.25) is 5.91 Å². The van der Waals surface area contributed by atoms with Gasteiger partial charge in [0.1, 0.15) is 4.83 Å². The third-order valence-electron chi connectivity index (χ3n) is 6.10. The van der Waals surface area contributed by atoms with E-state index in [1.165, 1.54) is 23.1 Å². The molecule has 2 aromatic carbocycles. The van der Waals surface area contributed by atoms with Crippen molar-refractivity contribution in [1.82, 2.24) is 9.55 Å². The maximum atomic E-state index is 14.0. The molecule has 0 saturated carbocycles. The summed E-state index contributed by atoms with van der Waals surface area (Å²) >= 11 is 2.78. The van der Waals surface area contributed by atoms with Crippen molar-refractivity contribution in [3.63, 3.8) is 0 Å². The smallest absolute Gasteiger partial charge is 0.267 e. The van der Waals surface area contributed by atoms with Crippen LogP contribution in [-0.4, -0.2) is 26.8 Å². The highest BCUT2D eigenvalue weighted by Gasteiger charge is 2.31. The Kier molecular flexibility index (Phi) is 6.29. The minimum absolute atomic E-state index is 0.0963. The fourth-order valence-electron chi connectivity index (χ4n) is 4.26. The molecular formula is C27H27N3O3S2. The molecule has 0 atom stereocenters. The zero-order chi connectivity index (χ0) is 24.7. The Hall–Kier alpha value is -2.94. The van der Waals surface area contributed by atoms with Crippen molar-refractivity contribution in [3.05, 3.63) is 80.5 Å². The van der Waals surface area contributed by atoms with Gasteiger partial charge in [0, 0.05) is 17.0 Å². The molecule has 4 aromatic rings. The van der Waals surface area contributed by atoms with Gasteiger partial charge in [-0.25, -0.2) is 4.98 Å². The number of hydrogen-bond acceptors (Lipinski definition) is 6. The molecule has 0 unspecified atom stereocenters. The molecule has 180 valence electrons. The predicted octanol–water partition coefficient (Wildman–Crippen LogP) is 5.65. The third-order valence-corrected chi connectivity index (χ3v) is 8.14. The maximum Gasteiger partial charge on any atom is 0.267 e. The second kappa shape index (κ2) is 9.26. The van der Waals surface area contributed by atoms with Crippen LogP contribution in [-0.2, 0) is 22.6 Å². The van der Waals surface area contributed by atoms with Gasteiger partial charge in [0.15, 0.2) is 5.16 Å². The topological polar surface area (TPSA) is 73.2 Å². The van der Waals surface area contributed by atoms with E-state index < -0.39 is 0 Å². The lowest BCUT2D eigenvalue weighted by Gasteiger charge is -2.30. The SMILES string of the molecule is Cc1ccc(NC(=O)CSc2nc3sc4c(c3c(=O)n2-c2ccccc2C)CC(C)(C)OC4)cc1. The van der Waals surface area contributed by atoms with Gasteiger partial charge in [-0.15, -0.1) is 11.3 Å². The number of rotatable bonds is 5. The number of carbonyl (C=O) groups excluding carboxylic acids is 1. The molecule has 0 saturated heterocycles. The molecule has 6 nitrogen and oxygen atoms in total. The highest BCUT2D eigenvalue weighted by Crippen LogP contribution is 2.38. The van der Waals surface area contributed by atoms with E-state index in [9.17, 15) is 9.59 Å². The van der Waals surface area contributed by atoms with Crippen LogP contribution in [0.25, 0.3) is 15.9 Å². The van der Waals surface area contributed by atoms with Crippen LogP contribution in [0, 0.1) is 13.8 Å². The molecule has 5 rings (SSSR count). The number of benzene rings is 2. The number of ether oxygens (including phenoxy) is 1. The lowest BCUT2D eigenvalue weighted by atomic mass is 9.94. The van der Waals surface area contributed by atoms with Crippen LogP contribution in [0.5, 0.6) is 0 Å². The first-order valence-electron chi connectivity index (χ1n) is 11.5. The van der Waals surface area contributed by atoms with Gasteiger partial charge >= 0.3 is 0 Å². The quantitative estimate of drug-likeness (QED) is 0.280. The highest BCUT2D eigenvalue weighted by atomic mass is 32.2. The summed E-state index contributed by atoms with van der Waals surface area (Å²) in [6.45, 7) is 8.55. The molecule has 0 radical (unpaired) electrons. The summed E-state index contributed by atoms with van der Waals surface area (Å²) in [5, 5.41) is 4.10. The van der Waals surface area contributed by atoms with E-state index >= 15 is 0 Å². The summed E-state index contributed by atoms with van der Waals surface area (Å²) in [6, 6.07) is 15.4. The average Bonchev–Trinajstić information content (AvgIpc) is 3.17. The first kappa shape index (κ1) is 23.8. The summed E-state index contributed by atoms with van der Waals surface area (Å²) in [7, 11) is 0. The van der Waals surface area contributed by atoms with E-state index in [-0.39, 0.29) is 22.8 Å². The minimum Gasteiger partial charge on any atom is -0.370 e. The van der Waals surface area contributed by atoms with Gasteiger partial charge < -0.3 is 10.1 Å². The molecule has 1 aliphatic rings. The zero-order valence-electron chi connectivity index (χ0n) is 20.2. The van der Waals surface area contributed by atoms with E-state index in [1.807, 2.05) is 76.2 Å². The first-order chi connectivity index (χ1) is 16.7. The van der Waals surface area contributed by atoms with Crippen LogP contribution in [0.15, 0.2) is 58.5 Å². The number of hydrogen-bond donors (Lipinski definition) is 1. The molecule has 2 aromatic heterocycles. The zero-order valence-corrected chi connectivity index (χ0v) is 21.8. The van der Waals surface area contributed by atoms with Crippen molar-refractivity contribution < 1.29 is 9.53 Å². The van der Waals surface area contributed by atoms with Crippen molar-refractivity contribution in [2.75, 3.05) is 11.1 Å². The molecule has 3 heterocycles. The number of carbonyl (C=O) groups is 1. The molecule has 0 bridgehead atoms. The number of thioether (sulfide) groups is 1. The summed E-state index contributed by atoms with van der Waals surface area (Å²) in [5.74, 6) is -0.0102. The summed E-state index contributed by atoms with van der Waals surface area (Å²) < 4.78 is 7.65. The van der Waals surface area contributed by atoms with Crippen LogP contribution in [0.1, 0.15) is 35.4 Å². The lowest BCUT2D eigenvalue weighted by Crippen LogP contribution is -2.32. The number of aromatic nitrogens is 2. The van der Waals surface area contributed by atoms with Gasteiger partial charge in [0.25, 0.3) is 5.56 Å². The Balaban J connectivity index is 1.55. The first-order valence-corrected chi connectivity index (χ1v) is 13.3. The number of anilines is 1. The fraction of sp³-hybridized carbons (Fsp3) is 0.296. The van der Waals surface area contributed by atoms with E-state index in [4.69, 9.17) is 9.72 Å². The molecule has 35 heavy (non-hydrogen) atoms. The van der Waals surface area contributed by atoms with Crippen LogP contribution in [0.3, 0.4) is 0 Å². The van der Waals surface area contributed by atoms with Crippen molar-refractivity contribution in [2.24, 2.45) is 0 Å². The third kappa shape index (κ3) is 4.78. The summed E-state index contributed by atoms with van der Waals surface area (Å²) in [6.07, 6.45) is 0.665. The number of aryl methyl sites for hydroxylation is 2. The number of para-hydroxylation sites is 1. The molecule has 1 amide bonds. The van der Waals surface area contributed by atoms with E-state index in [2.05, 4.69) is 5.32 Å². The van der Waals surface area contributed by atoms with E-state index in [1.54, 1.807) is 4.57 Å². The number of amides is 1. The molecule has 8 heteroatoms. The maximum absolute atomic E-state index is 14.0. The molecule has 1 N–H and O–H groups in total. The minimum atomic E-state index is -0.331. The van der Waals surface area contributed by atoms with Gasteiger partial charge in [-0.3, -0.25) is 14.2 Å². The Morgan fingerprint density at radius 2 is 1.91 bits per heavy atom. The monoisotopic (exact) mass is 505 g/mol. The number of thiophene rings is 1. The standard InChI is InChI=1S/C27H27N3O3S2/c1-16-9-11-18(12-10-16)28-22(31)15-34-26-29-24-23(19-13-27(3,4)33-14-21(19)35-24)25(32)30(26)20-8-6-5-7-17(20)2/h5-12H,13-15H2,1-4H3,(H,28,31). The van der Waals surface area contributed by atoms with Gasteiger partial charge in [-0.1, -0.05) is 47.7 Å². The van der Waals surface area contributed by atoms with Crippen LogP contribution in [0.2, 0.25) is 0 Å². The summed E-state index contributed by atoms with van der Waals surface area (Å²) in [4.78, 5) is 33.4. The Labute approximate surface area is 212 Å². The highest BCUT2D eigenvalue weighted by molar-refractivity contribution is 7.99. The second-order valence-corrected chi connectivity index (χ2v) is 11.5. The molecule has 0 aliphatic carbocycles. The number of nitrogens with one attached hydrogen (secondary N) is 1. The Morgan fingerprint density at radius 3 is 2.66 bits per heavy atom. The predicted molar refractivity (Wildman–Crippen MR) is 143 cm³/mol. The van der Waals surface area contributed by atoms with Gasteiger partial charge in [-0.2, -0.15) is 0 Å². The molecular weight excluding hydrogens is 478 g/mol. The van der Waals surface area contributed by atoms with Crippen molar-refractivity contribution in [2.45, 2.75) is 51.5 Å². The fourth-order valence-corrected chi connectivity index (χ4v) is 6.21. The molecule has 1 aliphatic heterocycles. The average molecular weight is 506 g/mol.